The number of aromatic amines is 1. The normalized spacial score (nSPS) is 31.8. The van der Waals surface area contributed by atoms with Crippen LogP contribution in [0.5, 0.6) is 0 Å². The van der Waals surface area contributed by atoms with Crippen LogP contribution in [0, 0.1) is 0 Å². The first-order valence-corrected chi connectivity index (χ1v) is 5.88. The van der Waals surface area contributed by atoms with E-state index in [1.54, 1.807) is 0 Å². The van der Waals surface area contributed by atoms with Gasteiger partial charge in [-0.3, -0.25) is 14.3 Å². The number of nitrogens with zero attached hydrogens (tertiary/aromatic N) is 1. The summed E-state index contributed by atoms with van der Waals surface area (Å²) in [5.41, 5.74) is -1.39. The fraction of sp³-hybridized carbons (Fsp3) is 0.556. The van der Waals surface area contributed by atoms with E-state index < -0.39 is 42.4 Å². The molecular formula is C9H11BrN2O6. The molecule has 0 amide bonds. The van der Waals surface area contributed by atoms with Crippen LogP contribution in [0.15, 0.2) is 20.3 Å². The van der Waals surface area contributed by atoms with Crippen LogP contribution in [0.2, 0.25) is 0 Å². The Morgan fingerprint density at radius 3 is 2.61 bits per heavy atom. The Morgan fingerprint density at radius 1 is 1.39 bits per heavy atom. The summed E-state index contributed by atoms with van der Waals surface area (Å²) in [6.07, 6.45) is -3.68. The van der Waals surface area contributed by atoms with Crippen molar-refractivity contribution in [1.82, 2.24) is 9.55 Å². The van der Waals surface area contributed by atoms with Gasteiger partial charge in [-0.15, -0.1) is 0 Å². The van der Waals surface area contributed by atoms with Crippen molar-refractivity contribution < 1.29 is 20.1 Å². The van der Waals surface area contributed by atoms with E-state index in [0.717, 1.165) is 10.8 Å². The number of ether oxygens (including phenoxy) is 1. The summed E-state index contributed by atoms with van der Waals surface area (Å²) < 4.78 is 6.19. The molecule has 4 atom stereocenters. The molecule has 0 unspecified atom stereocenters. The summed E-state index contributed by atoms with van der Waals surface area (Å²) in [6.45, 7) is -0.492. The average molecular weight is 323 g/mol. The van der Waals surface area contributed by atoms with Crippen molar-refractivity contribution in [1.29, 1.82) is 0 Å². The van der Waals surface area contributed by atoms with Gasteiger partial charge in [0.25, 0.3) is 5.56 Å². The molecule has 0 radical (unpaired) electrons. The van der Waals surface area contributed by atoms with Crippen LogP contribution in [-0.4, -0.2) is 49.8 Å². The second-order valence-corrected chi connectivity index (χ2v) is 4.73. The Bertz CT molecular complexity index is 555. The van der Waals surface area contributed by atoms with Crippen molar-refractivity contribution in [2.75, 3.05) is 6.61 Å². The first kappa shape index (κ1) is 13.4. The van der Waals surface area contributed by atoms with Crippen LogP contribution in [0.3, 0.4) is 0 Å². The summed E-state index contributed by atoms with van der Waals surface area (Å²) in [4.78, 5) is 24.8. The molecule has 4 N–H and O–H groups in total. The van der Waals surface area contributed by atoms with Crippen LogP contribution in [0.4, 0.5) is 0 Å². The zero-order valence-electron chi connectivity index (χ0n) is 8.99. The van der Waals surface area contributed by atoms with E-state index in [1.807, 2.05) is 4.98 Å². The fourth-order valence-electron chi connectivity index (χ4n) is 1.76. The molecule has 0 saturated carbocycles. The molecule has 1 aromatic rings. The van der Waals surface area contributed by atoms with Crippen molar-refractivity contribution >= 4 is 15.9 Å². The maximum absolute atomic E-state index is 11.6. The second kappa shape index (κ2) is 4.94. The van der Waals surface area contributed by atoms with Gasteiger partial charge < -0.3 is 20.1 Å². The monoisotopic (exact) mass is 322 g/mol. The van der Waals surface area contributed by atoms with Gasteiger partial charge in [0.15, 0.2) is 6.23 Å². The van der Waals surface area contributed by atoms with Crippen molar-refractivity contribution in [3.63, 3.8) is 0 Å². The smallest absolute Gasteiger partial charge is 0.330 e. The standard InChI is InChI=1S/C9H11BrN2O6/c10-3-1-12(9(17)11-7(3)16)8-6(15)5(14)4(2-13)18-8/h1,4-6,8,13-15H,2H2,(H,11,16,17)/t4-,5+,6-,8+/m0/s1. The third kappa shape index (κ3) is 2.15. The maximum Gasteiger partial charge on any atom is 0.330 e. The number of H-pyrrole nitrogens is 1. The molecule has 100 valence electrons. The van der Waals surface area contributed by atoms with E-state index in [0.29, 0.717) is 0 Å². The Kier molecular flexibility index (Phi) is 3.69. The molecule has 2 heterocycles. The molecule has 0 aromatic carbocycles. The predicted octanol–water partition coefficient (Wildman–Crippen LogP) is -2.09. The zero-order valence-corrected chi connectivity index (χ0v) is 10.6. The lowest BCUT2D eigenvalue weighted by Crippen LogP contribution is -2.38. The van der Waals surface area contributed by atoms with E-state index in [9.17, 15) is 19.8 Å². The first-order valence-electron chi connectivity index (χ1n) is 5.09. The molecule has 0 bridgehead atoms. The molecule has 1 aliphatic rings. The van der Waals surface area contributed by atoms with Crippen molar-refractivity contribution in [3.8, 4) is 0 Å². The molecule has 0 aliphatic carbocycles. The third-order valence-corrected chi connectivity index (χ3v) is 3.28. The van der Waals surface area contributed by atoms with Crippen LogP contribution in [-0.2, 0) is 4.74 Å². The minimum absolute atomic E-state index is 0.0832. The number of aromatic nitrogens is 2. The second-order valence-electron chi connectivity index (χ2n) is 3.87. The summed E-state index contributed by atoms with van der Waals surface area (Å²) in [7, 11) is 0. The molecular weight excluding hydrogens is 312 g/mol. The van der Waals surface area contributed by atoms with Crippen LogP contribution < -0.4 is 11.2 Å². The highest BCUT2D eigenvalue weighted by Crippen LogP contribution is 2.28. The topological polar surface area (TPSA) is 125 Å². The Hall–Kier alpha value is -1.00. The highest BCUT2D eigenvalue weighted by atomic mass is 79.9. The lowest BCUT2D eigenvalue weighted by molar-refractivity contribution is -0.0551. The summed E-state index contributed by atoms with van der Waals surface area (Å²) in [5.74, 6) is 0. The molecule has 1 saturated heterocycles. The Balaban J connectivity index is 2.42. The van der Waals surface area contributed by atoms with Gasteiger partial charge in [0.05, 0.1) is 11.1 Å². The number of halogens is 1. The molecule has 8 nitrogen and oxygen atoms in total. The number of aliphatic hydroxyl groups excluding tert-OH is 3. The molecule has 9 heteroatoms. The highest BCUT2D eigenvalue weighted by molar-refractivity contribution is 9.10. The van der Waals surface area contributed by atoms with Gasteiger partial charge >= 0.3 is 5.69 Å². The minimum atomic E-state index is -1.38. The average Bonchev–Trinajstić information content (AvgIpc) is 2.61. The lowest BCUT2D eigenvalue weighted by Gasteiger charge is -2.17. The highest BCUT2D eigenvalue weighted by Gasteiger charge is 2.43. The number of hydrogen-bond acceptors (Lipinski definition) is 6. The van der Waals surface area contributed by atoms with Crippen LogP contribution in [0.25, 0.3) is 0 Å². The predicted molar refractivity (Wildman–Crippen MR) is 62.0 cm³/mol. The lowest BCUT2D eigenvalue weighted by atomic mass is 10.1. The molecule has 2 rings (SSSR count). The Labute approximate surface area is 109 Å². The first-order chi connectivity index (χ1) is 8.45. The minimum Gasteiger partial charge on any atom is -0.394 e. The van der Waals surface area contributed by atoms with Crippen molar-refractivity contribution in [3.05, 3.63) is 31.5 Å². The van der Waals surface area contributed by atoms with Gasteiger partial charge in [-0.2, -0.15) is 0 Å². The van der Waals surface area contributed by atoms with E-state index in [2.05, 4.69) is 15.9 Å². The molecule has 18 heavy (non-hydrogen) atoms. The summed E-state index contributed by atoms with van der Waals surface area (Å²) in [5, 5.41) is 28.3. The van der Waals surface area contributed by atoms with Gasteiger partial charge in [-0.1, -0.05) is 0 Å². The van der Waals surface area contributed by atoms with Gasteiger partial charge in [0.1, 0.15) is 18.3 Å². The van der Waals surface area contributed by atoms with E-state index in [-0.39, 0.29) is 4.47 Å². The van der Waals surface area contributed by atoms with E-state index in [4.69, 9.17) is 9.84 Å². The van der Waals surface area contributed by atoms with Crippen molar-refractivity contribution in [2.45, 2.75) is 24.5 Å². The fourth-order valence-corrected chi connectivity index (χ4v) is 2.08. The number of hydrogen-bond donors (Lipinski definition) is 4. The maximum atomic E-state index is 11.6. The zero-order chi connectivity index (χ0) is 13.4. The Morgan fingerprint density at radius 2 is 2.06 bits per heavy atom. The molecule has 1 aromatic heterocycles. The van der Waals surface area contributed by atoms with Crippen LogP contribution >= 0.6 is 15.9 Å². The van der Waals surface area contributed by atoms with E-state index in [1.165, 1.54) is 0 Å². The molecule has 1 aliphatic heterocycles. The van der Waals surface area contributed by atoms with E-state index >= 15 is 0 Å². The number of rotatable bonds is 2. The van der Waals surface area contributed by atoms with Gasteiger partial charge in [0.2, 0.25) is 0 Å². The molecule has 0 spiro atoms. The quantitative estimate of drug-likeness (QED) is 0.495. The van der Waals surface area contributed by atoms with Gasteiger partial charge in [0, 0.05) is 6.20 Å². The molecule has 1 fully saturated rings. The van der Waals surface area contributed by atoms with Gasteiger partial charge in [-0.05, 0) is 15.9 Å². The van der Waals surface area contributed by atoms with Gasteiger partial charge in [-0.25, -0.2) is 4.79 Å². The number of nitrogens with one attached hydrogen (secondary N) is 1. The third-order valence-electron chi connectivity index (χ3n) is 2.72. The SMILES string of the molecule is O=c1[nH]c(=O)n([C@@H]2O[C@@H](CO)[C@@H](O)[C@@H]2O)cc1Br. The summed E-state index contributed by atoms with van der Waals surface area (Å²) in [6, 6.07) is 0. The summed E-state index contributed by atoms with van der Waals surface area (Å²) >= 11 is 2.94. The largest absolute Gasteiger partial charge is 0.394 e. The van der Waals surface area contributed by atoms with Crippen molar-refractivity contribution in [2.24, 2.45) is 0 Å². The van der Waals surface area contributed by atoms with Crippen LogP contribution in [0.1, 0.15) is 6.23 Å². The number of aliphatic hydroxyl groups is 3.